The quantitative estimate of drug-likeness (QED) is 0.602. The Morgan fingerprint density at radius 3 is 2.31 bits per heavy atom. The van der Waals surface area contributed by atoms with Crippen LogP contribution < -0.4 is 10.2 Å². The van der Waals surface area contributed by atoms with Gasteiger partial charge in [-0.3, -0.25) is 14.4 Å². The molecule has 2 aromatic carbocycles. The van der Waals surface area contributed by atoms with Crippen LogP contribution in [0.25, 0.3) is 6.08 Å². The van der Waals surface area contributed by atoms with E-state index in [1.54, 1.807) is 6.08 Å². The molecule has 32 heavy (non-hydrogen) atoms. The van der Waals surface area contributed by atoms with Crippen LogP contribution in [0.3, 0.4) is 0 Å². The van der Waals surface area contributed by atoms with Gasteiger partial charge in [-0.05, 0) is 49.8 Å². The summed E-state index contributed by atoms with van der Waals surface area (Å²) < 4.78 is 1.83. The van der Waals surface area contributed by atoms with Crippen molar-refractivity contribution in [1.82, 2.24) is 14.7 Å². The van der Waals surface area contributed by atoms with Gasteiger partial charge in [0.05, 0.1) is 5.69 Å². The highest BCUT2D eigenvalue weighted by molar-refractivity contribution is 6.02. The van der Waals surface area contributed by atoms with Crippen LogP contribution in [-0.2, 0) is 18.4 Å². The van der Waals surface area contributed by atoms with Crippen LogP contribution in [-0.4, -0.2) is 46.8 Å². The third-order valence-electron chi connectivity index (χ3n) is 6.09. The normalized spacial score (nSPS) is 14.8. The predicted molar refractivity (Wildman–Crippen MR) is 131 cm³/mol. The molecular weight excluding hydrogens is 398 g/mol. The van der Waals surface area contributed by atoms with Gasteiger partial charge in [0.25, 0.3) is 0 Å². The molecule has 0 radical (unpaired) electrons. The van der Waals surface area contributed by atoms with Gasteiger partial charge >= 0.3 is 0 Å². The Morgan fingerprint density at radius 1 is 1.00 bits per heavy atom. The second-order valence-electron chi connectivity index (χ2n) is 8.33. The molecule has 1 amide bonds. The van der Waals surface area contributed by atoms with Gasteiger partial charge in [-0.2, -0.15) is 5.10 Å². The molecule has 1 aliphatic heterocycles. The van der Waals surface area contributed by atoms with Crippen molar-refractivity contribution in [3.8, 4) is 0 Å². The summed E-state index contributed by atoms with van der Waals surface area (Å²) in [5.41, 5.74) is 6.31. The van der Waals surface area contributed by atoms with Crippen molar-refractivity contribution in [2.45, 2.75) is 20.4 Å². The Labute approximate surface area is 190 Å². The number of rotatable bonds is 6. The molecule has 1 saturated heterocycles. The van der Waals surface area contributed by atoms with Crippen LogP contribution in [0.1, 0.15) is 22.5 Å². The van der Waals surface area contributed by atoms with Gasteiger partial charge in [-0.15, -0.1) is 0 Å². The molecule has 3 aromatic rings. The van der Waals surface area contributed by atoms with Gasteiger partial charge in [0.15, 0.2) is 0 Å². The highest BCUT2D eigenvalue weighted by Gasteiger charge is 2.17. The summed E-state index contributed by atoms with van der Waals surface area (Å²) in [4.78, 5) is 17.2. The lowest BCUT2D eigenvalue weighted by Gasteiger charge is -2.36. The summed E-state index contributed by atoms with van der Waals surface area (Å²) in [6, 6.07) is 18.7. The summed E-state index contributed by atoms with van der Waals surface area (Å²) in [5, 5.41) is 7.32. The molecule has 6 heteroatoms. The van der Waals surface area contributed by atoms with Crippen LogP contribution in [0.5, 0.6) is 0 Å². The molecule has 1 fully saturated rings. The number of amides is 1. The van der Waals surface area contributed by atoms with Crippen molar-refractivity contribution >= 4 is 23.4 Å². The van der Waals surface area contributed by atoms with Crippen LogP contribution in [0.15, 0.2) is 60.7 Å². The summed E-state index contributed by atoms with van der Waals surface area (Å²) >= 11 is 0. The number of benzene rings is 2. The molecular formula is C26H31N5O. The molecule has 1 aliphatic rings. The average molecular weight is 430 g/mol. The number of hydrogen-bond acceptors (Lipinski definition) is 4. The first-order chi connectivity index (χ1) is 15.5. The summed E-state index contributed by atoms with van der Waals surface area (Å²) in [7, 11) is 1.91. The third kappa shape index (κ3) is 5.26. The standard InChI is InChI=1S/C26H31N5O/c1-20-25(21(2)29(3)28-20)13-14-26(32)27-23-9-11-24(12-10-23)31-17-15-30(16-18-31)19-22-7-5-4-6-8-22/h4-14H,15-19H2,1-3H3,(H,27,32)/b14-13+. The zero-order valence-electron chi connectivity index (χ0n) is 19.1. The van der Waals surface area contributed by atoms with Gasteiger partial charge in [-0.25, -0.2) is 0 Å². The van der Waals surface area contributed by atoms with E-state index in [4.69, 9.17) is 0 Å². The fourth-order valence-corrected chi connectivity index (χ4v) is 4.14. The molecule has 0 aliphatic carbocycles. The molecule has 1 aromatic heterocycles. The van der Waals surface area contributed by atoms with Crippen molar-refractivity contribution in [2.75, 3.05) is 36.4 Å². The molecule has 1 N–H and O–H groups in total. The van der Waals surface area contributed by atoms with Gasteiger partial charge in [0, 0.05) is 68.5 Å². The fourth-order valence-electron chi connectivity index (χ4n) is 4.14. The number of piperazine rings is 1. The molecule has 0 unspecified atom stereocenters. The lowest BCUT2D eigenvalue weighted by atomic mass is 10.2. The van der Waals surface area contributed by atoms with E-state index in [2.05, 4.69) is 62.7 Å². The summed E-state index contributed by atoms with van der Waals surface area (Å²) in [5.74, 6) is -0.144. The highest BCUT2D eigenvalue weighted by Crippen LogP contribution is 2.20. The summed E-state index contributed by atoms with van der Waals surface area (Å²) in [6.45, 7) is 9.06. The van der Waals surface area contributed by atoms with E-state index in [-0.39, 0.29) is 5.91 Å². The van der Waals surface area contributed by atoms with E-state index < -0.39 is 0 Å². The molecule has 6 nitrogen and oxygen atoms in total. The van der Waals surface area contributed by atoms with Crippen molar-refractivity contribution in [2.24, 2.45) is 7.05 Å². The summed E-state index contributed by atoms with van der Waals surface area (Å²) in [6.07, 6.45) is 3.40. The first-order valence-electron chi connectivity index (χ1n) is 11.1. The fraction of sp³-hybridized carbons (Fsp3) is 0.308. The molecule has 0 atom stereocenters. The zero-order valence-corrected chi connectivity index (χ0v) is 19.1. The Balaban J connectivity index is 1.29. The number of carbonyl (C=O) groups is 1. The number of aryl methyl sites for hydroxylation is 2. The van der Waals surface area contributed by atoms with Crippen molar-refractivity contribution in [3.63, 3.8) is 0 Å². The minimum Gasteiger partial charge on any atom is -0.369 e. The highest BCUT2D eigenvalue weighted by atomic mass is 16.1. The van der Waals surface area contributed by atoms with Crippen LogP contribution in [0, 0.1) is 13.8 Å². The van der Waals surface area contributed by atoms with Crippen molar-refractivity contribution < 1.29 is 4.79 Å². The minimum atomic E-state index is -0.144. The second kappa shape index (κ2) is 9.83. The number of aromatic nitrogens is 2. The molecule has 166 valence electrons. The first-order valence-corrected chi connectivity index (χ1v) is 11.1. The molecule has 2 heterocycles. The van der Waals surface area contributed by atoms with E-state index in [0.29, 0.717) is 0 Å². The van der Waals surface area contributed by atoms with Crippen LogP contribution in [0.2, 0.25) is 0 Å². The van der Waals surface area contributed by atoms with Crippen molar-refractivity contribution in [3.05, 3.63) is 83.2 Å². The Morgan fingerprint density at radius 2 is 1.69 bits per heavy atom. The monoisotopic (exact) mass is 429 g/mol. The smallest absolute Gasteiger partial charge is 0.248 e. The second-order valence-corrected chi connectivity index (χ2v) is 8.33. The Hall–Kier alpha value is -3.38. The lowest BCUT2D eigenvalue weighted by molar-refractivity contribution is -0.111. The van der Waals surface area contributed by atoms with Gasteiger partial charge in [0.2, 0.25) is 5.91 Å². The zero-order chi connectivity index (χ0) is 22.5. The maximum absolute atomic E-state index is 12.3. The average Bonchev–Trinajstić information content (AvgIpc) is 3.05. The van der Waals surface area contributed by atoms with E-state index in [1.165, 1.54) is 11.3 Å². The number of nitrogens with zero attached hydrogens (tertiary/aromatic N) is 4. The predicted octanol–water partition coefficient (Wildman–Crippen LogP) is 4.01. The van der Waals surface area contributed by atoms with Crippen molar-refractivity contribution in [1.29, 1.82) is 0 Å². The topological polar surface area (TPSA) is 53.4 Å². The third-order valence-corrected chi connectivity index (χ3v) is 6.09. The van der Waals surface area contributed by atoms with Crippen LogP contribution >= 0.6 is 0 Å². The van der Waals surface area contributed by atoms with Crippen LogP contribution in [0.4, 0.5) is 11.4 Å². The molecule has 0 bridgehead atoms. The maximum Gasteiger partial charge on any atom is 0.248 e. The molecule has 4 rings (SSSR count). The molecule has 0 saturated carbocycles. The Kier molecular flexibility index (Phi) is 6.71. The number of hydrogen-bond donors (Lipinski definition) is 1. The minimum absolute atomic E-state index is 0.144. The Bertz CT molecular complexity index is 1080. The molecule has 0 spiro atoms. The first kappa shape index (κ1) is 21.8. The van der Waals surface area contributed by atoms with E-state index in [1.807, 2.05) is 43.8 Å². The van der Waals surface area contributed by atoms with Gasteiger partial charge in [0.1, 0.15) is 0 Å². The lowest BCUT2D eigenvalue weighted by Crippen LogP contribution is -2.45. The van der Waals surface area contributed by atoms with Gasteiger partial charge < -0.3 is 10.2 Å². The van der Waals surface area contributed by atoms with Gasteiger partial charge in [-0.1, -0.05) is 30.3 Å². The van der Waals surface area contributed by atoms with E-state index in [0.717, 1.165) is 55.4 Å². The SMILES string of the molecule is Cc1nn(C)c(C)c1/C=C/C(=O)Nc1ccc(N2CCN(Cc3ccccc3)CC2)cc1. The number of nitrogens with one attached hydrogen (secondary N) is 1. The largest absolute Gasteiger partial charge is 0.369 e. The maximum atomic E-state index is 12.3. The number of carbonyl (C=O) groups excluding carboxylic acids is 1. The number of anilines is 2. The van der Waals surface area contributed by atoms with E-state index >= 15 is 0 Å². The van der Waals surface area contributed by atoms with E-state index in [9.17, 15) is 4.79 Å².